The standard InChI is InChI=1S/C26H20F3NO4/c1-3-34-25(32)20-8-5-17(4-6-18-10-11-22(31)14-24(18)26(27,28)29)23(13-20)19-7-9-21(15-30-33)16(2)12-19/h5,7-14,31H,3,15H2,1-2H3. The Balaban J connectivity index is 2.16. The number of benzene rings is 3. The molecule has 3 aromatic rings. The van der Waals surface area contributed by atoms with Gasteiger partial charge in [0.2, 0.25) is 0 Å². The third-order valence-corrected chi connectivity index (χ3v) is 5.06. The minimum atomic E-state index is -4.70. The molecule has 0 bridgehead atoms. The molecule has 0 aromatic heterocycles. The van der Waals surface area contributed by atoms with Crippen LogP contribution in [0.15, 0.2) is 59.8 Å². The van der Waals surface area contributed by atoms with E-state index in [1.165, 1.54) is 6.07 Å². The van der Waals surface area contributed by atoms with Gasteiger partial charge in [0.1, 0.15) is 12.3 Å². The van der Waals surface area contributed by atoms with E-state index in [1.807, 2.05) is 0 Å². The van der Waals surface area contributed by atoms with Crippen molar-refractivity contribution in [2.24, 2.45) is 5.18 Å². The molecule has 0 aliphatic carbocycles. The number of carbonyl (C=O) groups excluding carboxylic acids is 1. The van der Waals surface area contributed by atoms with E-state index in [9.17, 15) is 28.0 Å². The molecular formula is C26H20F3NO4. The number of phenols is 1. The number of nitroso groups, excluding NO2 is 1. The maximum absolute atomic E-state index is 13.4. The zero-order valence-electron chi connectivity index (χ0n) is 18.4. The van der Waals surface area contributed by atoms with Crippen LogP contribution in [0.25, 0.3) is 11.1 Å². The van der Waals surface area contributed by atoms with Crippen molar-refractivity contribution >= 4 is 5.97 Å². The number of ether oxygens (including phenoxy) is 1. The number of hydrogen-bond donors (Lipinski definition) is 1. The van der Waals surface area contributed by atoms with Gasteiger partial charge in [-0.2, -0.15) is 18.1 Å². The lowest BCUT2D eigenvalue weighted by molar-refractivity contribution is -0.137. The number of rotatable bonds is 5. The molecule has 0 heterocycles. The van der Waals surface area contributed by atoms with Crippen molar-refractivity contribution in [3.8, 4) is 28.7 Å². The minimum Gasteiger partial charge on any atom is -0.508 e. The lowest BCUT2D eigenvalue weighted by Crippen LogP contribution is -2.07. The largest absolute Gasteiger partial charge is 0.508 e. The predicted molar refractivity (Wildman–Crippen MR) is 121 cm³/mol. The smallest absolute Gasteiger partial charge is 0.417 e. The fraction of sp³-hybridized carbons (Fsp3) is 0.192. The SMILES string of the molecule is CCOC(=O)c1ccc(C#Cc2ccc(O)cc2C(F)(F)F)c(-c2ccc(CN=O)c(C)c2)c1. The molecule has 0 amide bonds. The van der Waals surface area contributed by atoms with Gasteiger partial charge in [-0.1, -0.05) is 35.2 Å². The number of aryl methyl sites for hydroxylation is 1. The molecule has 34 heavy (non-hydrogen) atoms. The number of phenolic OH excluding ortho intramolecular Hbond substituents is 1. The van der Waals surface area contributed by atoms with E-state index in [0.717, 1.165) is 23.3 Å². The first-order valence-corrected chi connectivity index (χ1v) is 10.3. The van der Waals surface area contributed by atoms with Crippen molar-refractivity contribution in [2.75, 3.05) is 6.61 Å². The Morgan fingerprint density at radius 3 is 2.38 bits per heavy atom. The van der Waals surface area contributed by atoms with Gasteiger partial charge < -0.3 is 9.84 Å². The van der Waals surface area contributed by atoms with E-state index >= 15 is 0 Å². The van der Waals surface area contributed by atoms with Crippen molar-refractivity contribution in [2.45, 2.75) is 26.6 Å². The number of hydrogen-bond acceptors (Lipinski definition) is 5. The van der Waals surface area contributed by atoms with Crippen LogP contribution in [0.1, 0.15) is 45.1 Å². The van der Waals surface area contributed by atoms with Crippen LogP contribution in [0.5, 0.6) is 5.75 Å². The van der Waals surface area contributed by atoms with Gasteiger partial charge in [-0.25, -0.2) is 4.79 Å². The highest BCUT2D eigenvalue weighted by molar-refractivity contribution is 5.92. The number of alkyl halides is 3. The van der Waals surface area contributed by atoms with E-state index in [0.29, 0.717) is 22.8 Å². The van der Waals surface area contributed by atoms with Crippen LogP contribution in [0, 0.1) is 23.7 Å². The summed E-state index contributed by atoms with van der Waals surface area (Å²) in [4.78, 5) is 22.9. The van der Waals surface area contributed by atoms with Crippen molar-refractivity contribution in [1.29, 1.82) is 0 Å². The summed E-state index contributed by atoms with van der Waals surface area (Å²) >= 11 is 0. The van der Waals surface area contributed by atoms with E-state index in [-0.39, 0.29) is 24.3 Å². The summed E-state index contributed by atoms with van der Waals surface area (Å²) < 4.78 is 45.2. The summed E-state index contributed by atoms with van der Waals surface area (Å²) in [5.74, 6) is 4.25. The molecule has 0 saturated heterocycles. The van der Waals surface area contributed by atoms with Crippen LogP contribution in [0.3, 0.4) is 0 Å². The zero-order valence-corrected chi connectivity index (χ0v) is 18.4. The van der Waals surface area contributed by atoms with Crippen LogP contribution in [0.4, 0.5) is 13.2 Å². The predicted octanol–water partition coefficient (Wildman–Crippen LogP) is 6.23. The molecule has 0 saturated carbocycles. The van der Waals surface area contributed by atoms with E-state index in [1.54, 1.807) is 44.2 Å². The quantitative estimate of drug-likeness (QED) is 0.274. The summed E-state index contributed by atoms with van der Waals surface area (Å²) in [6.45, 7) is 3.67. The zero-order chi connectivity index (χ0) is 24.9. The Bertz CT molecular complexity index is 1300. The van der Waals surface area contributed by atoms with Crippen LogP contribution in [0.2, 0.25) is 0 Å². The second-order valence-corrected chi connectivity index (χ2v) is 7.39. The first kappa shape index (κ1) is 24.5. The van der Waals surface area contributed by atoms with Crippen LogP contribution >= 0.6 is 0 Å². The molecule has 0 fully saturated rings. The molecule has 0 radical (unpaired) electrons. The molecule has 0 atom stereocenters. The molecule has 0 aliphatic heterocycles. The second kappa shape index (κ2) is 10.2. The molecule has 0 aliphatic rings. The number of halogens is 3. The Morgan fingerprint density at radius 1 is 1.03 bits per heavy atom. The van der Waals surface area contributed by atoms with Gasteiger partial charge in [-0.15, -0.1) is 0 Å². The molecule has 3 aromatic carbocycles. The molecule has 3 rings (SSSR count). The summed E-state index contributed by atoms with van der Waals surface area (Å²) in [6.07, 6.45) is -4.70. The van der Waals surface area contributed by atoms with Crippen molar-refractivity contribution in [1.82, 2.24) is 0 Å². The minimum absolute atomic E-state index is 0.00269. The van der Waals surface area contributed by atoms with Crippen molar-refractivity contribution in [3.63, 3.8) is 0 Å². The van der Waals surface area contributed by atoms with Crippen LogP contribution in [-0.2, 0) is 17.5 Å². The van der Waals surface area contributed by atoms with Gasteiger partial charge in [0.05, 0.1) is 17.7 Å². The number of carbonyl (C=O) groups is 1. The first-order chi connectivity index (χ1) is 16.1. The fourth-order valence-electron chi connectivity index (χ4n) is 3.35. The third kappa shape index (κ3) is 5.62. The topological polar surface area (TPSA) is 76.0 Å². The number of nitrogens with zero attached hydrogens (tertiary/aromatic N) is 1. The highest BCUT2D eigenvalue weighted by Crippen LogP contribution is 2.34. The average Bonchev–Trinajstić information content (AvgIpc) is 2.79. The highest BCUT2D eigenvalue weighted by atomic mass is 19.4. The van der Waals surface area contributed by atoms with Crippen molar-refractivity contribution in [3.05, 3.63) is 92.9 Å². The Kier molecular flexibility index (Phi) is 7.37. The number of esters is 1. The Labute approximate surface area is 194 Å². The lowest BCUT2D eigenvalue weighted by atomic mass is 9.94. The van der Waals surface area contributed by atoms with Gasteiger partial charge >= 0.3 is 12.1 Å². The molecule has 0 unspecified atom stereocenters. The second-order valence-electron chi connectivity index (χ2n) is 7.39. The Morgan fingerprint density at radius 2 is 1.74 bits per heavy atom. The number of aromatic hydroxyl groups is 1. The van der Waals surface area contributed by atoms with Crippen LogP contribution < -0.4 is 0 Å². The summed E-state index contributed by atoms with van der Waals surface area (Å²) in [6, 6.07) is 12.7. The normalized spacial score (nSPS) is 10.9. The average molecular weight is 467 g/mol. The summed E-state index contributed by atoms with van der Waals surface area (Å²) in [7, 11) is 0. The summed E-state index contributed by atoms with van der Waals surface area (Å²) in [5.41, 5.74) is 1.99. The first-order valence-electron chi connectivity index (χ1n) is 10.3. The van der Waals surface area contributed by atoms with Gasteiger partial charge in [-0.05, 0) is 72.5 Å². The maximum atomic E-state index is 13.4. The molecule has 5 nitrogen and oxygen atoms in total. The fourth-order valence-corrected chi connectivity index (χ4v) is 3.35. The lowest BCUT2D eigenvalue weighted by Gasteiger charge is -2.11. The van der Waals surface area contributed by atoms with Gasteiger partial charge in [0, 0.05) is 11.1 Å². The maximum Gasteiger partial charge on any atom is 0.417 e. The van der Waals surface area contributed by atoms with E-state index in [2.05, 4.69) is 17.0 Å². The van der Waals surface area contributed by atoms with Gasteiger partial charge in [0.15, 0.2) is 0 Å². The van der Waals surface area contributed by atoms with Crippen LogP contribution in [-0.4, -0.2) is 17.7 Å². The van der Waals surface area contributed by atoms with E-state index in [4.69, 9.17) is 4.74 Å². The summed E-state index contributed by atoms with van der Waals surface area (Å²) in [5, 5.41) is 12.4. The molecular weight excluding hydrogens is 447 g/mol. The van der Waals surface area contributed by atoms with Crippen molar-refractivity contribution < 1.29 is 27.8 Å². The molecule has 0 spiro atoms. The third-order valence-electron chi connectivity index (χ3n) is 5.06. The Hall–Kier alpha value is -4.12. The van der Waals surface area contributed by atoms with Gasteiger partial charge in [-0.3, -0.25) is 0 Å². The monoisotopic (exact) mass is 467 g/mol. The molecule has 1 N–H and O–H groups in total. The molecule has 8 heteroatoms. The highest BCUT2D eigenvalue weighted by Gasteiger charge is 2.33. The van der Waals surface area contributed by atoms with E-state index < -0.39 is 23.5 Å². The van der Waals surface area contributed by atoms with Gasteiger partial charge in [0.25, 0.3) is 0 Å². The molecule has 174 valence electrons.